The van der Waals surface area contributed by atoms with E-state index in [4.69, 9.17) is 16.3 Å². The first-order valence-corrected chi connectivity index (χ1v) is 6.78. The van der Waals surface area contributed by atoms with E-state index in [9.17, 15) is 14.9 Å². The van der Waals surface area contributed by atoms with Crippen LogP contribution in [0, 0.1) is 10.1 Å². The summed E-state index contributed by atoms with van der Waals surface area (Å²) in [7, 11) is 0. The molecule has 0 saturated heterocycles. The molecule has 0 unspecified atom stereocenters. The SMILES string of the molecule is C=CCN(CC(=O)OCC)Cc1c(Cl)cccc1[N+](=O)[O-]. The van der Waals surface area contributed by atoms with Crippen molar-refractivity contribution < 1.29 is 14.5 Å². The minimum absolute atomic E-state index is 0.0161. The Kier molecular flexibility index (Phi) is 6.84. The third-order valence-corrected chi connectivity index (χ3v) is 3.07. The Balaban J connectivity index is 2.95. The van der Waals surface area contributed by atoms with Crippen LogP contribution in [0.2, 0.25) is 5.02 Å². The van der Waals surface area contributed by atoms with Gasteiger partial charge in [-0.3, -0.25) is 19.8 Å². The lowest BCUT2D eigenvalue weighted by atomic mass is 10.1. The maximum absolute atomic E-state index is 11.6. The Hall–Kier alpha value is -1.92. The average molecular weight is 313 g/mol. The van der Waals surface area contributed by atoms with Crippen LogP contribution in [0.3, 0.4) is 0 Å². The molecule has 0 atom stereocenters. The van der Waals surface area contributed by atoms with Gasteiger partial charge in [0.15, 0.2) is 0 Å². The smallest absolute Gasteiger partial charge is 0.320 e. The highest BCUT2D eigenvalue weighted by Gasteiger charge is 2.20. The molecular weight excluding hydrogens is 296 g/mol. The van der Waals surface area contributed by atoms with Gasteiger partial charge in [0.25, 0.3) is 5.69 Å². The second-order valence-electron chi connectivity index (χ2n) is 4.26. The molecule has 1 aromatic carbocycles. The van der Waals surface area contributed by atoms with E-state index in [2.05, 4.69) is 6.58 Å². The quantitative estimate of drug-likeness (QED) is 0.319. The molecule has 0 saturated carbocycles. The number of nitro benzene ring substituents is 1. The van der Waals surface area contributed by atoms with E-state index < -0.39 is 10.9 Å². The maximum atomic E-state index is 11.6. The summed E-state index contributed by atoms with van der Waals surface area (Å²) in [6, 6.07) is 4.49. The minimum Gasteiger partial charge on any atom is -0.465 e. The molecule has 0 aliphatic rings. The largest absolute Gasteiger partial charge is 0.465 e. The highest BCUT2D eigenvalue weighted by atomic mass is 35.5. The Morgan fingerprint density at radius 2 is 2.29 bits per heavy atom. The third-order valence-electron chi connectivity index (χ3n) is 2.72. The van der Waals surface area contributed by atoms with Gasteiger partial charge in [0.1, 0.15) is 0 Å². The van der Waals surface area contributed by atoms with Crippen LogP contribution in [-0.4, -0.2) is 35.5 Å². The summed E-state index contributed by atoms with van der Waals surface area (Å²) in [4.78, 5) is 23.8. The highest BCUT2D eigenvalue weighted by molar-refractivity contribution is 6.31. The van der Waals surface area contributed by atoms with Crippen molar-refractivity contribution in [1.29, 1.82) is 0 Å². The number of hydrogen-bond donors (Lipinski definition) is 0. The fraction of sp³-hybridized carbons (Fsp3) is 0.357. The van der Waals surface area contributed by atoms with E-state index in [0.717, 1.165) is 0 Å². The zero-order valence-electron chi connectivity index (χ0n) is 11.8. The Morgan fingerprint density at radius 3 is 2.86 bits per heavy atom. The van der Waals surface area contributed by atoms with Gasteiger partial charge >= 0.3 is 5.97 Å². The predicted octanol–water partition coefficient (Wildman–Crippen LogP) is 2.80. The van der Waals surface area contributed by atoms with Crippen LogP contribution in [0.4, 0.5) is 5.69 Å². The van der Waals surface area contributed by atoms with Crippen molar-refractivity contribution in [3.05, 3.63) is 51.6 Å². The molecule has 114 valence electrons. The second kappa shape index (κ2) is 8.39. The molecule has 0 heterocycles. The molecule has 0 aliphatic carbocycles. The van der Waals surface area contributed by atoms with Gasteiger partial charge in [-0.2, -0.15) is 0 Å². The summed E-state index contributed by atoms with van der Waals surface area (Å²) in [6.45, 7) is 6.19. The molecule has 0 bridgehead atoms. The van der Waals surface area contributed by atoms with Crippen LogP contribution in [0.25, 0.3) is 0 Å². The summed E-state index contributed by atoms with van der Waals surface area (Å²) in [5.74, 6) is -0.394. The molecule has 0 amide bonds. The lowest BCUT2D eigenvalue weighted by Crippen LogP contribution is -2.31. The number of halogens is 1. The topological polar surface area (TPSA) is 72.7 Å². The number of rotatable bonds is 8. The number of benzene rings is 1. The van der Waals surface area contributed by atoms with Gasteiger partial charge in [0.2, 0.25) is 0 Å². The van der Waals surface area contributed by atoms with Crippen molar-refractivity contribution in [2.45, 2.75) is 13.5 Å². The third kappa shape index (κ3) is 5.17. The fourth-order valence-corrected chi connectivity index (χ4v) is 2.08. The number of nitrogens with zero attached hydrogens (tertiary/aromatic N) is 2. The number of ether oxygens (including phenoxy) is 1. The van der Waals surface area contributed by atoms with Crippen LogP contribution in [0.5, 0.6) is 0 Å². The van der Waals surface area contributed by atoms with Gasteiger partial charge in [-0.1, -0.05) is 23.7 Å². The average Bonchev–Trinajstić information content (AvgIpc) is 2.41. The molecular formula is C14H17ClN2O4. The zero-order chi connectivity index (χ0) is 15.8. The standard InChI is InChI=1S/C14H17ClN2O4/c1-3-8-16(10-14(18)21-4-2)9-11-12(15)6-5-7-13(11)17(19)20/h3,5-7H,1,4,8-10H2,2H3. The highest BCUT2D eigenvalue weighted by Crippen LogP contribution is 2.27. The van der Waals surface area contributed by atoms with Gasteiger partial charge in [0, 0.05) is 19.2 Å². The van der Waals surface area contributed by atoms with Crippen LogP contribution < -0.4 is 0 Å². The van der Waals surface area contributed by atoms with Crippen molar-refractivity contribution in [3.8, 4) is 0 Å². The molecule has 1 rings (SSSR count). The van der Waals surface area contributed by atoms with Crippen molar-refractivity contribution in [1.82, 2.24) is 4.90 Å². The number of carbonyl (C=O) groups is 1. The van der Waals surface area contributed by atoms with Crippen LogP contribution in [0.15, 0.2) is 30.9 Å². The Bertz CT molecular complexity index is 534. The van der Waals surface area contributed by atoms with Crippen molar-refractivity contribution in [2.75, 3.05) is 19.7 Å². The lowest BCUT2D eigenvalue weighted by molar-refractivity contribution is -0.385. The molecule has 21 heavy (non-hydrogen) atoms. The molecule has 1 aromatic rings. The van der Waals surface area contributed by atoms with Gasteiger partial charge in [-0.15, -0.1) is 6.58 Å². The van der Waals surface area contributed by atoms with E-state index in [1.807, 2.05) is 0 Å². The molecule has 0 aliphatic heterocycles. The molecule has 0 fully saturated rings. The number of hydrogen-bond acceptors (Lipinski definition) is 5. The van der Waals surface area contributed by atoms with Crippen molar-refractivity contribution in [3.63, 3.8) is 0 Å². The second-order valence-corrected chi connectivity index (χ2v) is 4.67. The lowest BCUT2D eigenvalue weighted by Gasteiger charge is -2.20. The van der Waals surface area contributed by atoms with Gasteiger partial charge in [-0.05, 0) is 13.0 Å². The Morgan fingerprint density at radius 1 is 1.57 bits per heavy atom. The van der Waals surface area contributed by atoms with E-state index in [-0.39, 0.29) is 25.4 Å². The monoisotopic (exact) mass is 312 g/mol. The summed E-state index contributed by atoms with van der Waals surface area (Å²) in [5.41, 5.74) is 0.302. The first-order valence-electron chi connectivity index (χ1n) is 6.40. The molecule has 0 aromatic heterocycles. The van der Waals surface area contributed by atoms with Crippen LogP contribution in [0.1, 0.15) is 12.5 Å². The molecule has 7 heteroatoms. The van der Waals surface area contributed by atoms with Crippen LogP contribution in [-0.2, 0) is 16.1 Å². The number of esters is 1. The van der Waals surface area contributed by atoms with Gasteiger partial charge in [0.05, 0.1) is 28.7 Å². The van der Waals surface area contributed by atoms with E-state index in [1.54, 1.807) is 24.0 Å². The number of nitro groups is 1. The van der Waals surface area contributed by atoms with E-state index >= 15 is 0 Å². The zero-order valence-corrected chi connectivity index (χ0v) is 12.5. The summed E-state index contributed by atoms with van der Waals surface area (Å²) in [6.07, 6.45) is 1.61. The van der Waals surface area contributed by atoms with Gasteiger partial charge in [-0.25, -0.2) is 0 Å². The summed E-state index contributed by atoms with van der Waals surface area (Å²) < 4.78 is 4.88. The van der Waals surface area contributed by atoms with Crippen LogP contribution >= 0.6 is 11.6 Å². The molecule has 0 N–H and O–H groups in total. The van der Waals surface area contributed by atoms with Crippen molar-refractivity contribution in [2.24, 2.45) is 0 Å². The molecule has 6 nitrogen and oxygen atoms in total. The fourth-order valence-electron chi connectivity index (χ4n) is 1.86. The molecule has 0 radical (unpaired) electrons. The Labute approximate surface area is 128 Å². The van der Waals surface area contributed by atoms with E-state index in [0.29, 0.717) is 17.1 Å². The van der Waals surface area contributed by atoms with Crippen molar-refractivity contribution >= 4 is 23.3 Å². The number of carbonyl (C=O) groups excluding carboxylic acids is 1. The molecule has 0 spiro atoms. The van der Waals surface area contributed by atoms with Gasteiger partial charge < -0.3 is 4.74 Å². The first kappa shape index (κ1) is 17.1. The predicted molar refractivity (Wildman–Crippen MR) is 80.2 cm³/mol. The minimum atomic E-state index is -0.488. The summed E-state index contributed by atoms with van der Waals surface area (Å²) >= 11 is 6.04. The van der Waals surface area contributed by atoms with E-state index in [1.165, 1.54) is 12.1 Å². The summed E-state index contributed by atoms with van der Waals surface area (Å²) in [5, 5.41) is 11.3. The maximum Gasteiger partial charge on any atom is 0.320 e. The normalized spacial score (nSPS) is 10.4. The first-order chi connectivity index (χ1) is 9.99.